The lowest BCUT2D eigenvalue weighted by Crippen LogP contribution is -2.41. The number of carbonyl (C=O) groups excluding carboxylic acids is 1. The quantitative estimate of drug-likeness (QED) is 0.296. The Morgan fingerprint density at radius 2 is 1.98 bits per heavy atom. The number of fused-ring (bicyclic) bond motifs is 1. The summed E-state index contributed by atoms with van der Waals surface area (Å²) in [4.78, 5) is 35.3. The lowest BCUT2D eigenvalue weighted by atomic mass is 10.00. The number of sulfonamides is 1. The highest BCUT2D eigenvalue weighted by molar-refractivity contribution is 7.89. The number of nitrogens with zero attached hydrogens (tertiary/aromatic N) is 4. The fourth-order valence-corrected chi connectivity index (χ4v) is 7.44. The molecule has 1 amide bonds. The van der Waals surface area contributed by atoms with E-state index < -0.39 is 21.7 Å². The lowest BCUT2D eigenvalue weighted by molar-refractivity contribution is 0.0389. The monoisotopic (exact) mass is 615 g/mol. The van der Waals surface area contributed by atoms with Crippen molar-refractivity contribution in [1.29, 1.82) is 0 Å². The minimum absolute atomic E-state index is 0.0196. The number of carbonyl (C=O) groups is 1. The van der Waals surface area contributed by atoms with Gasteiger partial charge in [0.05, 0.1) is 4.90 Å². The third-order valence-electron chi connectivity index (χ3n) is 8.14. The van der Waals surface area contributed by atoms with Crippen LogP contribution in [-0.2, 0) is 14.8 Å². The van der Waals surface area contributed by atoms with Gasteiger partial charge in [-0.2, -0.15) is 4.98 Å². The van der Waals surface area contributed by atoms with Gasteiger partial charge in [0.25, 0.3) is 15.6 Å². The van der Waals surface area contributed by atoms with Crippen LogP contribution in [0.3, 0.4) is 0 Å². The Kier molecular flexibility index (Phi) is 8.04. The average molecular weight is 616 g/mol. The fourth-order valence-electron chi connectivity index (χ4n) is 5.81. The van der Waals surface area contributed by atoms with E-state index in [0.717, 1.165) is 36.4 Å². The van der Waals surface area contributed by atoms with Crippen LogP contribution in [-0.4, -0.2) is 45.5 Å². The van der Waals surface area contributed by atoms with Crippen molar-refractivity contribution in [3.63, 3.8) is 0 Å². The van der Waals surface area contributed by atoms with Crippen molar-refractivity contribution < 1.29 is 17.9 Å². The predicted molar refractivity (Wildman–Crippen MR) is 163 cm³/mol. The van der Waals surface area contributed by atoms with Gasteiger partial charge < -0.3 is 10.1 Å². The van der Waals surface area contributed by atoms with Crippen LogP contribution in [0.1, 0.15) is 84.2 Å². The average Bonchev–Trinajstić information content (AvgIpc) is 3.57. The van der Waals surface area contributed by atoms with Gasteiger partial charge in [0.15, 0.2) is 0 Å². The maximum absolute atomic E-state index is 13.6. The van der Waals surface area contributed by atoms with Gasteiger partial charge in [-0.3, -0.25) is 9.36 Å². The van der Waals surface area contributed by atoms with Crippen molar-refractivity contribution in [2.24, 2.45) is 5.41 Å². The van der Waals surface area contributed by atoms with Gasteiger partial charge in [0.1, 0.15) is 16.3 Å². The molecule has 2 fully saturated rings. The molecule has 1 spiro atoms. The first-order valence-corrected chi connectivity index (χ1v) is 16.3. The number of amides is 1. The second kappa shape index (κ2) is 11.1. The Morgan fingerprint density at radius 3 is 2.62 bits per heavy atom. The van der Waals surface area contributed by atoms with Gasteiger partial charge in [0, 0.05) is 29.9 Å². The van der Waals surface area contributed by atoms with Gasteiger partial charge in [-0.1, -0.05) is 31.4 Å². The molecule has 1 atom stereocenters. The molecule has 1 aromatic carbocycles. The number of hydrogen-bond acceptors (Lipinski definition) is 8. The van der Waals surface area contributed by atoms with E-state index in [2.05, 4.69) is 10.3 Å². The Morgan fingerprint density at radius 1 is 1.24 bits per heavy atom. The van der Waals surface area contributed by atoms with E-state index in [1.54, 1.807) is 50.6 Å². The standard InChI is InChI=1S/C30H38ClN5O5S/c1-6-7-15-35(28(38)41-29(3,4)5)42(39,40)21-10-11-23(19(2)16-21)33-27-32-18-20-17-22(31)26(37)36(25(20)34-27)24-9-8-12-30(24)13-14-30/h10-11,16-18,24H,6-9,12-15H2,1-5H3,(H,32,33,34). The minimum atomic E-state index is -4.17. The molecule has 2 aromatic heterocycles. The minimum Gasteiger partial charge on any atom is -0.443 e. The second-order valence-corrected chi connectivity index (χ2v) is 14.7. The topological polar surface area (TPSA) is 123 Å². The molecule has 2 saturated carbocycles. The fraction of sp³-hybridized carbons (Fsp3) is 0.533. The van der Waals surface area contributed by atoms with E-state index >= 15 is 0 Å². The van der Waals surface area contributed by atoms with Crippen LogP contribution in [0.5, 0.6) is 0 Å². The summed E-state index contributed by atoms with van der Waals surface area (Å²) in [6, 6.07) is 6.23. The molecule has 0 saturated heterocycles. The van der Waals surface area contributed by atoms with Gasteiger partial charge in [0.2, 0.25) is 5.95 Å². The maximum atomic E-state index is 13.6. The normalized spacial score (nSPS) is 17.9. The largest absolute Gasteiger partial charge is 0.443 e. The number of hydrogen-bond donors (Lipinski definition) is 1. The summed E-state index contributed by atoms with van der Waals surface area (Å²) in [7, 11) is -4.17. The molecule has 10 nitrogen and oxygen atoms in total. The molecule has 1 unspecified atom stereocenters. The number of pyridine rings is 1. The van der Waals surface area contributed by atoms with E-state index in [1.807, 2.05) is 6.92 Å². The number of benzene rings is 1. The summed E-state index contributed by atoms with van der Waals surface area (Å²) in [6.45, 7) is 8.79. The van der Waals surface area contributed by atoms with Crippen molar-refractivity contribution in [2.75, 3.05) is 11.9 Å². The van der Waals surface area contributed by atoms with Crippen molar-refractivity contribution >= 4 is 50.4 Å². The van der Waals surface area contributed by atoms with Crippen LogP contribution < -0.4 is 10.9 Å². The highest BCUT2D eigenvalue weighted by Crippen LogP contribution is 2.63. The number of aryl methyl sites for hydroxylation is 1. The molecule has 42 heavy (non-hydrogen) atoms. The molecule has 2 aliphatic rings. The Hall–Kier alpha value is -3.18. The van der Waals surface area contributed by atoms with Gasteiger partial charge in [-0.05, 0) is 95.0 Å². The van der Waals surface area contributed by atoms with Crippen LogP contribution in [0, 0.1) is 12.3 Å². The summed E-state index contributed by atoms with van der Waals surface area (Å²) in [5.74, 6) is 0.276. The number of nitrogens with one attached hydrogen (secondary N) is 1. The first-order valence-electron chi connectivity index (χ1n) is 14.5. The zero-order valence-corrected chi connectivity index (χ0v) is 26.3. The summed E-state index contributed by atoms with van der Waals surface area (Å²) >= 11 is 6.34. The van der Waals surface area contributed by atoms with Gasteiger partial charge >= 0.3 is 6.09 Å². The second-order valence-electron chi connectivity index (χ2n) is 12.4. The first-order chi connectivity index (χ1) is 19.8. The molecular formula is C30H38ClN5O5S. The van der Waals surface area contributed by atoms with Crippen LogP contribution >= 0.6 is 11.6 Å². The molecule has 2 aliphatic carbocycles. The van der Waals surface area contributed by atoms with E-state index in [1.165, 1.54) is 12.1 Å². The number of unbranched alkanes of at least 4 members (excludes halogenated alkanes) is 1. The SMILES string of the molecule is CCCCN(C(=O)OC(C)(C)C)S(=O)(=O)c1ccc(Nc2ncc3cc(Cl)c(=O)n(C4CCCC45CC5)c3n2)c(C)c1. The van der Waals surface area contributed by atoms with E-state index in [9.17, 15) is 18.0 Å². The highest BCUT2D eigenvalue weighted by atomic mass is 35.5. The highest BCUT2D eigenvalue weighted by Gasteiger charge is 2.53. The summed E-state index contributed by atoms with van der Waals surface area (Å²) in [6.07, 6.45) is 7.25. The van der Waals surface area contributed by atoms with E-state index in [0.29, 0.717) is 35.1 Å². The number of halogens is 1. The molecule has 226 valence electrons. The molecule has 2 heterocycles. The van der Waals surface area contributed by atoms with Gasteiger partial charge in [-0.25, -0.2) is 22.5 Å². The molecule has 3 aromatic rings. The van der Waals surface area contributed by atoms with E-state index in [4.69, 9.17) is 21.3 Å². The van der Waals surface area contributed by atoms with Crippen molar-refractivity contribution in [1.82, 2.24) is 18.8 Å². The number of ether oxygens (including phenoxy) is 1. The Bertz CT molecular complexity index is 1690. The third kappa shape index (κ3) is 5.86. The zero-order chi connectivity index (χ0) is 30.4. The van der Waals surface area contributed by atoms with Crippen molar-refractivity contribution in [3.8, 4) is 0 Å². The summed E-state index contributed by atoms with van der Waals surface area (Å²) in [5, 5.41) is 4.01. The molecule has 0 aliphatic heterocycles. The van der Waals surface area contributed by atoms with Crippen LogP contribution in [0.25, 0.3) is 11.0 Å². The summed E-state index contributed by atoms with van der Waals surface area (Å²) < 4.78 is 35.1. The smallest absolute Gasteiger partial charge is 0.424 e. The Balaban J connectivity index is 1.45. The Labute approximate surface area is 251 Å². The maximum Gasteiger partial charge on any atom is 0.424 e. The molecule has 1 N–H and O–H groups in total. The number of aromatic nitrogens is 3. The van der Waals surface area contributed by atoms with Crippen LogP contribution in [0.2, 0.25) is 5.02 Å². The zero-order valence-electron chi connectivity index (χ0n) is 24.7. The third-order valence-corrected chi connectivity index (χ3v) is 10.2. The number of anilines is 2. The van der Waals surface area contributed by atoms with Crippen molar-refractivity contribution in [3.05, 3.63) is 51.4 Å². The first kappa shape index (κ1) is 30.3. The van der Waals surface area contributed by atoms with Crippen molar-refractivity contribution in [2.45, 2.75) is 96.1 Å². The molecule has 0 radical (unpaired) electrons. The molecule has 12 heteroatoms. The summed E-state index contributed by atoms with van der Waals surface area (Å²) in [5.41, 5.74) is 0.806. The number of rotatable bonds is 8. The van der Waals surface area contributed by atoms with E-state index in [-0.39, 0.29) is 39.4 Å². The van der Waals surface area contributed by atoms with Crippen LogP contribution in [0.4, 0.5) is 16.4 Å². The van der Waals surface area contributed by atoms with Gasteiger partial charge in [-0.15, -0.1) is 0 Å². The molecule has 0 bridgehead atoms. The lowest BCUT2D eigenvalue weighted by Gasteiger charge is -2.27. The molecular weight excluding hydrogens is 578 g/mol. The van der Waals surface area contributed by atoms with Crippen LogP contribution in [0.15, 0.2) is 40.2 Å². The predicted octanol–water partition coefficient (Wildman–Crippen LogP) is 6.73. The molecule has 5 rings (SSSR count).